The lowest BCUT2D eigenvalue weighted by atomic mass is 10.1. The van der Waals surface area contributed by atoms with E-state index in [4.69, 9.17) is 4.74 Å². The highest BCUT2D eigenvalue weighted by atomic mass is 16.5. The lowest BCUT2D eigenvalue weighted by molar-refractivity contribution is -0.128. The highest BCUT2D eigenvalue weighted by Gasteiger charge is 2.29. The van der Waals surface area contributed by atoms with Crippen LogP contribution in [0.1, 0.15) is 16.2 Å². The normalized spacial score (nSPS) is 14.3. The smallest absolute Gasteiger partial charge is 0.309 e. The number of hydrogen-bond acceptors (Lipinski definition) is 5. The van der Waals surface area contributed by atoms with Crippen molar-refractivity contribution in [2.45, 2.75) is 12.5 Å². The molecule has 5 rings (SSSR count). The number of hydrogen-bond donors (Lipinski definition) is 2. The molecule has 32 heavy (non-hydrogen) atoms. The molecule has 0 aliphatic carbocycles. The number of nitrogens with one attached hydrogen (secondary N) is 2. The molecular formula is C24H19N5O3. The van der Waals surface area contributed by atoms with E-state index in [0.29, 0.717) is 18.0 Å². The third-order valence-electron chi connectivity index (χ3n) is 5.08. The zero-order valence-corrected chi connectivity index (χ0v) is 16.9. The molecular weight excluding hydrogens is 406 g/mol. The van der Waals surface area contributed by atoms with Gasteiger partial charge in [0.1, 0.15) is 5.75 Å². The van der Waals surface area contributed by atoms with Gasteiger partial charge < -0.3 is 4.74 Å². The molecule has 3 aromatic carbocycles. The van der Waals surface area contributed by atoms with Crippen LogP contribution in [-0.4, -0.2) is 32.7 Å². The molecule has 0 radical (unpaired) electrons. The number of para-hydroxylation sites is 2. The van der Waals surface area contributed by atoms with Gasteiger partial charge in [0, 0.05) is 12.0 Å². The first-order chi connectivity index (χ1) is 15.7. The van der Waals surface area contributed by atoms with Gasteiger partial charge in [-0.1, -0.05) is 66.7 Å². The lowest BCUT2D eigenvalue weighted by Crippen LogP contribution is -2.48. The SMILES string of the molecule is O=C(NNC(=O)C1Cc2ccccc2O1)c1nc(-c2ccccc2)n(-c2ccccc2)n1. The van der Waals surface area contributed by atoms with Crippen LogP contribution < -0.4 is 15.6 Å². The van der Waals surface area contributed by atoms with Crippen LogP contribution in [0.5, 0.6) is 5.75 Å². The number of fused-ring (bicyclic) bond motifs is 1. The number of rotatable bonds is 4. The highest BCUT2D eigenvalue weighted by Crippen LogP contribution is 2.28. The summed E-state index contributed by atoms with van der Waals surface area (Å²) in [5, 5.41) is 4.38. The molecule has 1 aliphatic rings. The van der Waals surface area contributed by atoms with E-state index in [0.717, 1.165) is 16.8 Å². The van der Waals surface area contributed by atoms with Gasteiger partial charge >= 0.3 is 5.91 Å². The zero-order chi connectivity index (χ0) is 21.9. The summed E-state index contributed by atoms with van der Waals surface area (Å²) < 4.78 is 7.25. The van der Waals surface area contributed by atoms with Crippen molar-refractivity contribution in [3.63, 3.8) is 0 Å². The Balaban J connectivity index is 1.33. The Morgan fingerprint density at radius 2 is 1.56 bits per heavy atom. The number of carbonyl (C=O) groups excluding carboxylic acids is 2. The molecule has 0 saturated heterocycles. The Bertz CT molecular complexity index is 1190. The summed E-state index contributed by atoms with van der Waals surface area (Å²) in [6.07, 6.45) is -0.265. The summed E-state index contributed by atoms with van der Waals surface area (Å²) in [6, 6.07) is 26.3. The number of ether oxygens (including phenoxy) is 1. The summed E-state index contributed by atoms with van der Waals surface area (Å²) in [7, 11) is 0. The largest absolute Gasteiger partial charge is 0.480 e. The van der Waals surface area contributed by atoms with Crippen molar-refractivity contribution in [2.24, 2.45) is 0 Å². The average molecular weight is 425 g/mol. The van der Waals surface area contributed by atoms with Gasteiger partial charge in [-0.3, -0.25) is 20.4 Å². The monoisotopic (exact) mass is 425 g/mol. The maximum Gasteiger partial charge on any atom is 0.309 e. The van der Waals surface area contributed by atoms with Gasteiger partial charge in [0.2, 0.25) is 5.82 Å². The Labute approximate surface area is 183 Å². The quantitative estimate of drug-likeness (QED) is 0.490. The van der Waals surface area contributed by atoms with E-state index in [1.807, 2.05) is 84.9 Å². The van der Waals surface area contributed by atoms with Crippen molar-refractivity contribution in [3.05, 3.63) is 96.3 Å². The molecule has 2 heterocycles. The van der Waals surface area contributed by atoms with Crippen LogP contribution >= 0.6 is 0 Å². The highest BCUT2D eigenvalue weighted by molar-refractivity contribution is 5.93. The molecule has 1 aliphatic heterocycles. The van der Waals surface area contributed by atoms with Gasteiger partial charge in [-0.25, -0.2) is 9.67 Å². The summed E-state index contributed by atoms with van der Waals surface area (Å²) in [6.45, 7) is 0. The molecule has 0 spiro atoms. The van der Waals surface area contributed by atoms with Crippen LogP contribution in [0.15, 0.2) is 84.9 Å². The van der Waals surface area contributed by atoms with E-state index < -0.39 is 17.9 Å². The third kappa shape index (κ3) is 3.81. The van der Waals surface area contributed by atoms with Gasteiger partial charge in [0.05, 0.1) is 5.69 Å². The number of nitrogens with zero attached hydrogens (tertiary/aromatic N) is 3. The van der Waals surface area contributed by atoms with Gasteiger partial charge in [-0.15, -0.1) is 5.10 Å². The van der Waals surface area contributed by atoms with Crippen LogP contribution in [0.4, 0.5) is 0 Å². The fourth-order valence-electron chi connectivity index (χ4n) is 3.51. The number of aromatic nitrogens is 3. The minimum atomic E-state index is -0.706. The second kappa shape index (κ2) is 8.35. The Morgan fingerprint density at radius 3 is 2.31 bits per heavy atom. The minimum Gasteiger partial charge on any atom is -0.480 e. The first-order valence-corrected chi connectivity index (χ1v) is 10.1. The van der Waals surface area contributed by atoms with Crippen LogP contribution in [0.25, 0.3) is 17.1 Å². The van der Waals surface area contributed by atoms with Crippen molar-refractivity contribution in [2.75, 3.05) is 0 Å². The molecule has 2 amide bonds. The molecule has 2 N–H and O–H groups in total. The summed E-state index contributed by atoms with van der Waals surface area (Å²) in [5.41, 5.74) is 7.33. The molecule has 8 heteroatoms. The Hall–Kier alpha value is -4.46. The van der Waals surface area contributed by atoms with Crippen LogP contribution in [0.3, 0.4) is 0 Å². The van der Waals surface area contributed by atoms with Crippen molar-refractivity contribution in [3.8, 4) is 22.8 Å². The Kier molecular flexibility index (Phi) is 5.09. The maximum atomic E-state index is 12.7. The molecule has 0 fully saturated rings. The van der Waals surface area contributed by atoms with Gasteiger partial charge in [0.25, 0.3) is 5.91 Å². The molecule has 158 valence electrons. The fraction of sp³-hybridized carbons (Fsp3) is 0.0833. The Morgan fingerprint density at radius 1 is 0.875 bits per heavy atom. The van der Waals surface area contributed by atoms with Crippen LogP contribution in [-0.2, 0) is 11.2 Å². The van der Waals surface area contributed by atoms with E-state index >= 15 is 0 Å². The molecule has 1 aromatic heterocycles. The van der Waals surface area contributed by atoms with E-state index in [1.165, 1.54) is 0 Å². The maximum absolute atomic E-state index is 12.7. The number of amides is 2. The molecule has 1 unspecified atom stereocenters. The summed E-state index contributed by atoms with van der Waals surface area (Å²) in [5.74, 6) is 0.0577. The predicted molar refractivity (Wildman–Crippen MR) is 117 cm³/mol. The summed E-state index contributed by atoms with van der Waals surface area (Å²) in [4.78, 5) is 29.6. The van der Waals surface area contributed by atoms with E-state index in [9.17, 15) is 9.59 Å². The molecule has 1 atom stereocenters. The first kappa shape index (κ1) is 19.5. The number of hydrazine groups is 1. The number of benzene rings is 3. The predicted octanol–water partition coefficient (Wildman–Crippen LogP) is 2.70. The second-order valence-electron chi connectivity index (χ2n) is 7.23. The lowest BCUT2D eigenvalue weighted by Gasteiger charge is -2.11. The van der Waals surface area contributed by atoms with Crippen molar-refractivity contribution < 1.29 is 14.3 Å². The minimum absolute atomic E-state index is 0.0661. The standard InChI is InChI=1S/C24H19N5O3/c30-23(20-15-17-11-7-8-14-19(17)32-20)26-27-24(31)21-25-22(16-9-3-1-4-10-16)29(28-21)18-12-5-2-6-13-18/h1-14,20H,15H2,(H,26,30)(H,27,31). The van der Waals surface area contributed by atoms with Crippen molar-refractivity contribution >= 4 is 11.8 Å². The number of carbonyl (C=O) groups is 2. The average Bonchev–Trinajstić information content (AvgIpc) is 3.48. The van der Waals surface area contributed by atoms with E-state index in [-0.39, 0.29) is 5.82 Å². The van der Waals surface area contributed by atoms with Gasteiger partial charge in [-0.05, 0) is 23.8 Å². The molecule has 4 aromatic rings. The molecule has 0 bridgehead atoms. The fourth-order valence-corrected chi connectivity index (χ4v) is 3.51. The van der Waals surface area contributed by atoms with Crippen molar-refractivity contribution in [1.82, 2.24) is 25.6 Å². The van der Waals surface area contributed by atoms with Gasteiger partial charge in [-0.2, -0.15) is 0 Å². The van der Waals surface area contributed by atoms with Crippen LogP contribution in [0, 0.1) is 0 Å². The first-order valence-electron chi connectivity index (χ1n) is 10.1. The zero-order valence-electron chi connectivity index (χ0n) is 16.9. The molecule has 8 nitrogen and oxygen atoms in total. The summed E-state index contributed by atoms with van der Waals surface area (Å²) >= 11 is 0. The molecule has 0 saturated carbocycles. The van der Waals surface area contributed by atoms with Gasteiger partial charge in [0.15, 0.2) is 11.9 Å². The van der Waals surface area contributed by atoms with E-state index in [2.05, 4.69) is 20.9 Å². The van der Waals surface area contributed by atoms with E-state index in [1.54, 1.807) is 4.68 Å². The topological polar surface area (TPSA) is 98.1 Å². The van der Waals surface area contributed by atoms with Crippen molar-refractivity contribution in [1.29, 1.82) is 0 Å². The third-order valence-corrected chi connectivity index (χ3v) is 5.08. The second-order valence-corrected chi connectivity index (χ2v) is 7.23. The van der Waals surface area contributed by atoms with Crippen LogP contribution in [0.2, 0.25) is 0 Å².